The highest BCUT2D eigenvalue weighted by molar-refractivity contribution is 6.47. The molecule has 2 saturated heterocycles. The van der Waals surface area contributed by atoms with Crippen molar-refractivity contribution < 1.29 is 9.31 Å². The monoisotopic (exact) mass is 239 g/mol. The second-order valence-electron chi connectivity index (χ2n) is 6.42. The summed E-state index contributed by atoms with van der Waals surface area (Å²) in [6, 6.07) is 0. The van der Waals surface area contributed by atoms with E-state index in [4.69, 9.17) is 9.31 Å². The normalized spacial score (nSPS) is 33.0. The van der Waals surface area contributed by atoms with E-state index in [1.165, 1.54) is 19.4 Å². The van der Waals surface area contributed by atoms with E-state index in [1.807, 2.05) is 0 Å². The molecule has 0 aliphatic carbocycles. The van der Waals surface area contributed by atoms with E-state index in [1.54, 1.807) is 0 Å². The summed E-state index contributed by atoms with van der Waals surface area (Å²) < 4.78 is 12.3. The SMILES string of the molecule is CCN1CCCC(B2OC(C)(C)C(C)(C)O2)C1. The van der Waals surface area contributed by atoms with Crippen LogP contribution in [0.3, 0.4) is 0 Å². The predicted molar refractivity (Wildman–Crippen MR) is 71.2 cm³/mol. The molecule has 2 fully saturated rings. The van der Waals surface area contributed by atoms with Gasteiger partial charge in [-0.25, -0.2) is 0 Å². The van der Waals surface area contributed by atoms with Crippen molar-refractivity contribution in [3.63, 3.8) is 0 Å². The van der Waals surface area contributed by atoms with Gasteiger partial charge in [0.25, 0.3) is 0 Å². The van der Waals surface area contributed by atoms with Gasteiger partial charge in [0.1, 0.15) is 0 Å². The van der Waals surface area contributed by atoms with Gasteiger partial charge in [-0.1, -0.05) is 6.92 Å². The summed E-state index contributed by atoms with van der Waals surface area (Å²) in [4.78, 5) is 2.50. The third kappa shape index (κ3) is 2.54. The average molecular weight is 239 g/mol. The van der Waals surface area contributed by atoms with Crippen LogP contribution < -0.4 is 0 Å². The Labute approximate surface area is 106 Å². The zero-order chi connectivity index (χ0) is 12.7. The first-order valence-corrected chi connectivity index (χ1v) is 6.94. The predicted octanol–water partition coefficient (Wildman–Crippen LogP) is 2.56. The fraction of sp³-hybridized carbons (Fsp3) is 1.00. The molecular formula is C13H26BNO2. The quantitative estimate of drug-likeness (QED) is 0.691. The molecule has 0 bridgehead atoms. The van der Waals surface area contributed by atoms with E-state index in [9.17, 15) is 0 Å². The van der Waals surface area contributed by atoms with Crippen LogP contribution >= 0.6 is 0 Å². The Morgan fingerprint density at radius 3 is 2.29 bits per heavy atom. The molecule has 0 radical (unpaired) electrons. The van der Waals surface area contributed by atoms with Crippen LogP contribution in [0.4, 0.5) is 0 Å². The van der Waals surface area contributed by atoms with Gasteiger partial charge in [-0.2, -0.15) is 0 Å². The number of piperidine rings is 1. The van der Waals surface area contributed by atoms with Crippen LogP contribution in [0.5, 0.6) is 0 Å². The summed E-state index contributed by atoms with van der Waals surface area (Å²) in [7, 11) is -0.0191. The maximum absolute atomic E-state index is 6.15. The van der Waals surface area contributed by atoms with Crippen molar-refractivity contribution in [2.75, 3.05) is 19.6 Å². The molecular weight excluding hydrogens is 213 g/mol. The van der Waals surface area contributed by atoms with Crippen molar-refractivity contribution in [2.45, 2.75) is 64.5 Å². The van der Waals surface area contributed by atoms with E-state index in [-0.39, 0.29) is 18.3 Å². The minimum Gasteiger partial charge on any atom is -0.403 e. The third-order valence-corrected chi connectivity index (χ3v) is 4.65. The molecule has 3 nitrogen and oxygen atoms in total. The maximum Gasteiger partial charge on any atom is 0.462 e. The van der Waals surface area contributed by atoms with Crippen molar-refractivity contribution in [2.24, 2.45) is 0 Å². The van der Waals surface area contributed by atoms with E-state index in [2.05, 4.69) is 39.5 Å². The molecule has 4 heteroatoms. The topological polar surface area (TPSA) is 21.7 Å². The summed E-state index contributed by atoms with van der Waals surface area (Å²) in [6.07, 6.45) is 2.50. The van der Waals surface area contributed by atoms with Gasteiger partial charge in [0.15, 0.2) is 0 Å². The lowest BCUT2D eigenvalue weighted by Gasteiger charge is -2.32. The molecule has 98 valence electrons. The zero-order valence-electron chi connectivity index (χ0n) is 12.0. The minimum atomic E-state index is -0.188. The number of hydrogen-bond acceptors (Lipinski definition) is 3. The number of nitrogens with zero attached hydrogens (tertiary/aromatic N) is 1. The van der Waals surface area contributed by atoms with Gasteiger partial charge >= 0.3 is 7.12 Å². The molecule has 0 saturated carbocycles. The van der Waals surface area contributed by atoms with Crippen molar-refractivity contribution in [3.05, 3.63) is 0 Å². The Bertz CT molecular complexity index is 265. The molecule has 2 aliphatic rings. The molecule has 2 heterocycles. The lowest BCUT2D eigenvalue weighted by Crippen LogP contribution is -2.41. The smallest absolute Gasteiger partial charge is 0.403 e. The van der Waals surface area contributed by atoms with Crippen LogP contribution in [0, 0.1) is 0 Å². The lowest BCUT2D eigenvalue weighted by molar-refractivity contribution is 0.00578. The van der Waals surface area contributed by atoms with Crippen molar-refractivity contribution in [1.82, 2.24) is 4.90 Å². The van der Waals surface area contributed by atoms with Gasteiger partial charge in [0.2, 0.25) is 0 Å². The third-order valence-electron chi connectivity index (χ3n) is 4.65. The fourth-order valence-electron chi connectivity index (χ4n) is 2.68. The summed E-state index contributed by atoms with van der Waals surface area (Å²) >= 11 is 0. The van der Waals surface area contributed by atoms with Crippen LogP contribution in [-0.2, 0) is 9.31 Å². The zero-order valence-corrected chi connectivity index (χ0v) is 12.0. The van der Waals surface area contributed by atoms with E-state index < -0.39 is 0 Å². The lowest BCUT2D eigenvalue weighted by atomic mass is 9.68. The Morgan fingerprint density at radius 2 is 1.76 bits per heavy atom. The summed E-state index contributed by atoms with van der Waals surface area (Å²) in [5, 5.41) is 0. The van der Waals surface area contributed by atoms with Crippen LogP contribution in [0.15, 0.2) is 0 Å². The molecule has 0 spiro atoms. The Kier molecular flexibility index (Phi) is 3.59. The molecule has 0 aromatic carbocycles. The highest BCUT2D eigenvalue weighted by Crippen LogP contribution is 2.41. The van der Waals surface area contributed by atoms with Gasteiger partial charge in [-0.3, -0.25) is 0 Å². The Balaban J connectivity index is 2.00. The van der Waals surface area contributed by atoms with Crippen molar-refractivity contribution >= 4 is 7.12 Å². The Hall–Kier alpha value is -0.0551. The molecule has 0 aromatic heterocycles. The number of rotatable bonds is 2. The first-order chi connectivity index (χ1) is 7.86. The second kappa shape index (κ2) is 4.56. The summed E-state index contributed by atoms with van der Waals surface area (Å²) in [5.74, 6) is 0.532. The van der Waals surface area contributed by atoms with E-state index in [0.29, 0.717) is 5.82 Å². The highest BCUT2D eigenvalue weighted by Gasteiger charge is 2.53. The number of hydrogen-bond donors (Lipinski definition) is 0. The van der Waals surface area contributed by atoms with Crippen molar-refractivity contribution in [3.8, 4) is 0 Å². The molecule has 0 aromatic rings. The van der Waals surface area contributed by atoms with Gasteiger partial charge < -0.3 is 14.2 Å². The minimum absolute atomic E-state index is 0.0191. The van der Waals surface area contributed by atoms with E-state index >= 15 is 0 Å². The molecule has 1 atom stereocenters. The average Bonchev–Trinajstić information content (AvgIpc) is 2.48. The molecule has 0 amide bonds. The maximum atomic E-state index is 6.15. The van der Waals surface area contributed by atoms with E-state index in [0.717, 1.165) is 13.1 Å². The largest absolute Gasteiger partial charge is 0.462 e. The van der Waals surface area contributed by atoms with Crippen LogP contribution in [0.25, 0.3) is 0 Å². The first kappa shape index (κ1) is 13.4. The summed E-state index contributed by atoms with van der Waals surface area (Å²) in [6.45, 7) is 14.2. The molecule has 2 rings (SSSR count). The van der Waals surface area contributed by atoms with Gasteiger partial charge in [0, 0.05) is 5.82 Å². The fourth-order valence-corrected chi connectivity index (χ4v) is 2.68. The van der Waals surface area contributed by atoms with Gasteiger partial charge in [-0.15, -0.1) is 0 Å². The van der Waals surface area contributed by atoms with Crippen molar-refractivity contribution in [1.29, 1.82) is 0 Å². The van der Waals surface area contributed by atoms with Gasteiger partial charge in [0.05, 0.1) is 11.2 Å². The molecule has 17 heavy (non-hydrogen) atoms. The molecule has 1 unspecified atom stereocenters. The van der Waals surface area contributed by atoms with Crippen LogP contribution in [0.1, 0.15) is 47.5 Å². The second-order valence-corrected chi connectivity index (χ2v) is 6.42. The molecule has 2 aliphatic heterocycles. The standard InChI is InChI=1S/C13H26BNO2/c1-6-15-9-7-8-11(10-15)14-16-12(2,3)13(4,5)17-14/h11H,6-10H2,1-5H3. The number of likely N-dealkylation sites (tertiary alicyclic amines) is 1. The van der Waals surface area contributed by atoms with Gasteiger partial charge in [-0.05, 0) is 60.2 Å². The Morgan fingerprint density at radius 1 is 1.18 bits per heavy atom. The highest BCUT2D eigenvalue weighted by atomic mass is 16.7. The first-order valence-electron chi connectivity index (χ1n) is 6.94. The van der Waals surface area contributed by atoms with Crippen LogP contribution in [0.2, 0.25) is 5.82 Å². The van der Waals surface area contributed by atoms with Crippen LogP contribution in [-0.4, -0.2) is 42.9 Å². The summed E-state index contributed by atoms with van der Waals surface area (Å²) in [5.41, 5.74) is -0.377. The molecule has 0 N–H and O–H groups in total.